The van der Waals surface area contributed by atoms with Gasteiger partial charge < -0.3 is 0 Å². The topological polar surface area (TPSA) is 80.3 Å². The number of terminal acetylenes is 1. The molecule has 0 radical (unpaired) electrons. The first kappa shape index (κ1) is 14.4. The summed E-state index contributed by atoms with van der Waals surface area (Å²) < 4.78 is 46.4. The third-order valence-corrected chi connectivity index (χ3v) is 4.24. The fourth-order valence-electron chi connectivity index (χ4n) is 0.772. The average Bonchev–Trinajstić information content (AvgIpc) is 2.10. The molecule has 0 aromatic carbocycles. The molecule has 0 aromatic rings. The maximum atomic E-state index is 11.3. The Labute approximate surface area is 91.2 Å². The van der Waals surface area contributed by atoms with E-state index in [1.54, 1.807) is 6.92 Å². The van der Waals surface area contributed by atoms with Crippen LogP contribution in [0.5, 0.6) is 0 Å². The molecule has 0 aliphatic rings. The van der Waals surface area contributed by atoms with Crippen molar-refractivity contribution in [2.75, 3.05) is 17.8 Å². The number of rotatable bonds is 6. The first-order valence-corrected chi connectivity index (χ1v) is 8.05. The van der Waals surface area contributed by atoms with Crippen LogP contribution in [0.4, 0.5) is 0 Å². The average molecular weight is 253 g/mol. The van der Waals surface area contributed by atoms with E-state index < -0.39 is 37.4 Å². The third kappa shape index (κ3) is 7.36. The summed E-state index contributed by atoms with van der Waals surface area (Å²) in [5, 5.41) is 0. The van der Waals surface area contributed by atoms with E-state index in [1.807, 2.05) is 0 Å². The van der Waals surface area contributed by atoms with Gasteiger partial charge in [0.15, 0.2) is 0 Å². The smallest absolute Gasteiger partial charge is 0.213 e. The minimum Gasteiger partial charge on any atom is -0.229 e. The fourth-order valence-corrected chi connectivity index (χ4v) is 3.65. The molecule has 0 spiro atoms. The molecule has 7 heteroatoms. The van der Waals surface area contributed by atoms with Crippen LogP contribution in [-0.4, -0.2) is 40.6 Å². The Hall–Kier alpha value is -0.580. The summed E-state index contributed by atoms with van der Waals surface area (Å²) in [5.74, 6) is 1.41. The summed E-state index contributed by atoms with van der Waals surface area (Å²) in [6, 6.07) is -0.574. The van der Waals surface area contributed by atoms with Crippen molar-refractivity contribution < 1.29 is 16.8 Å². The molecule has 0 bridgehead atoms. The molecule has 15 heavy (non-hydrogen) atoms. The zero-order chi connectivity index (χ0) is 12.1. The lowest BCUT2D eigenvalue weighted by Gasteiger charge is -2.10. The van der Waals surface area contributed by atoms with E-state index in [1.165, 1.54) is 0 Å². The van der Waals surface area contributed by atoms with E-state index in [9.17, 15) is 16.8 Å². The Morgan fingerprint density at radius 3 is 2.13 bits per heavy atom. The van der Waals surface area contributed by atoms with Crippen LogP contribution in [0.2, 0.25) is 0 Å². The predicted molar refractivity (Wildman–Crippen MR) is 59.5 cm³/mol. The van der Waals surface area contributed by atoms with Crippen LogP contribution < -0.4 is 4.72 Å². The lowest BCUT2D eigenvalue weighted by Crippen LogP contribution is -2.36. The van der Waals surface area contributed by atoms with Gasteiger partial charge in [-0.05, 0) is 6.42 Å². The molecule has 0 rings (SSSR count). The summed E-state index contributed by atoms with van der Waals surface area (Å²) in [6.07, 6.45) is 6.53. The van der Waals surface area contributed by atoms with Crippen molar-refractivity contribution in [3.05, 3.63) is 0 Å². The van der Waals surface area contributed by atoms with Gasteiger partial charge >= 0.3 is 0 Å². The van der Waals surface area contributed by atoms with E-state index in [0.29, 0.717) is 6.42 Å². The van der Waals surface area contributed by atoms with Gasteiger partial charge in [0.1, 0.15) is 9.84 Å². The van der Waals surface area contributed by atoms with Gasteiger partial charge in [0.2, 0.25) is 10.0 Å². The van der Waals surface area contributed by atoms with Gasteiger partial charge in [0, 0.05) is 6.26 Å². The van der Waals surface area contributed by atoms with Crippen LogP contribution in [0.3, 0.4) is 0 Å². The summed E-state index contributed by atoms with van der Waals surface area (Å²) in [4.78, 5) is 0. The molecular formula is C8H15NO4S2. The maximum Gasteiger partial charge on any atom is 0.213 e. The Morgan fingerprint density at radius 2 is 1.80 bits per heavy atom. The second-order valence-electron chi connectivity index (χ2n) is 3.19. The molecule has 1 N–H and O–H groups in total. The van der Waals surface area contributed by atoms with Crippen molar-refractivity contribution in [1.82, 2.24) is 4.72 Å². The first-order valence-electron chi connectivity index (χ1n) is 4.34. The molecule has 1 atom stereocenters. The molecule has 0 aromatic heterocycles. The molecule has 0 fully saturated rings. The molecule has 0 heterocycles. The Kier molecular flexibility index (Phi) is 5.28. The molecule has 88 valence electrons. The zero-order valence-electron chi connectivity index (χ0n) is 8.73. The fraction of sp³-hybridized carbons (Fsp3) is 0.750. The lowest BCUT2D eigenvalue weighted by atomic mass is 10.3. The number of hydrogen-bond acceptors (Lipinski definition) is 4. The van der Waals surface area contributed by atoms with Crippen molar-refractivity contribution in [3.63, 3.8) is 0 Å². The highest BCUT2D eigenvalue weighted by atomic mass is 32.2. The van der Waals surface area contributed by atoms with E-state index in [4.69, 9.17) is 6.42 Å². The van der Waals surface area contributed by atoms with Crippen LogP contribution in [0.25, 0.3) is 0 Å². The van der Waals surface area contributed by atoms with Gasteiger partial charge in [-0.1, -0.05) is 12.8 Å². The second kappa shape index (κ2) is 5.49. The van der Waals surface area contributed by atoms with E-state index in [0.717, 1.165) is 6.26 Å². The SMILES string of the molecule is C#CC(CC)NS(=O)(=O)CCS(C)(=O)=O. The van der Waals surface area contributed by atoms with Gasteiger partial charge in [-0.25, -0.2) is 21.6 Å². The van der Waals surface area contributed by atoms with Crippen LogP contribution in [0.1, 0.15) is 13.3 Å². The van der Waals surface area contributed by atoms with Crippen molar-refractivity contribution >= 4 is 19.9 Å². The van der Waals surface area contributed by atoms with Gasteiger partial charge in [0.25, 0.3) is 0 Å². The standard InChI is InChI=1S/C8H15NO4S2/c1-4-8(5-2)9-15(12,13)7-6-14(3,10)11/h1,8-9H,5-7H2,2-3H3. The Morgan fingerprint density at radius 1 is 1.27 bits per heavy atom. The number of sulfonamides is 1. The molecule has 0 amide bonds. The summed E-state index contributed by atoms with van der Waals surface area (Å²) in [5.41, 5.74) is 0. The largest absolute Gasteiger partial charge is 0.229 e. The minimum absolute atomic E-state index is 0.399. The zero-order valence-corrected chi connectivity index (χ0v) is 10.4. The Balaban J connectivity index is 4.40. The minimum atomic E-state index is -3.61. The Bertz CT molecular complexity index is 430. The van der Waals surface area contributed by atoms with Crippen molar-refractivity contribution in [3.8, 4) is 12.3 Å². The third-order valence-electron chi connectivity index (χ3n) is 1.65. The van der Waals surface area contributed by atoms with Gasteiger partial charge in [-0.3, -0.25) is 0 Å². The second-order valence-corrected chi connectivity index (χ2v) is 7.33. The van der Waals surface area contributed by atoms with Crippen LogP contribution >= 0.6 is 0 Å². The van der Waals surface area contributed by atoms with Crippen molar-refractivity contribution in [2.45, 2.75) is 19.4 Å². The van der Waals surface area contributed by atoms with E-state index in [-0.39, 0.29) is 0 Å². The monoisotopic (exact) mass is 253 g/mol. The van der Waals surface area contributed by atoms with Crippen molar-refractivity contribution in [2.24, 2.45) is 0 Å². The van der Waals surface area contributed by atoms with E-state index >= 15 is 0 Å². The molecule has 0 aliphatic heterocycles. The van der Waals surface area contributed by atoms with Crippen LogP contribution in [0.15, 0.2) is 0 Å². The molecule has 0 saturated heterocycles. The summed E-state index contributed by atoms with van der Waals surface area (Å²) in [6.45, 7) is 1.74. The molecule has 0 saturated carbocycles. The molecule has 1 unspecified atom stereocenters. The highest BCUT2D eigenvalue weighted by molar-refractivity contribution is 7.93. The van der Waals surface area contributed by atoms with Crippen molar-refractivity contribution in [1.29, 1.82) is 0 Å². The van der Waals surface area contributed by atoms with Crippen LogP contribution in [-0.2, 0) is 19.9 Å². The van der Waals surface area contributed by atoms with Gasteiger partial charge in [-0.15, -0.1) is 6.42 Å². The summed E-state index contributed by atoms with van der Waals surface area (Å²) in [7, 11) is -6.89. The molecule has 0 aliphatic carbocycles. The first-order chi connectivity index (χ1) is 6.70. The van der Waals surface area contributed by atoms with Gasteiger partial charge in [-0.2, -0.15) is 0 Å². The molecular weight excluding hydrogens is 238 g/mol. The quantitative estimate of drug-likeness (QED) is 0.639. The highest BCUT2D eigenvalue weighted by Gasteiger charge is 2.17. The molecule has 5 nitrogen and oxygen atoms in total. The maximum absolute atomic E-state index is 11.3. The number of hydrogen-bond donors (Lipinski definition) is 1. The predicted octanol–water partition coefficient (Wildman–Crippen LogP) is -0.638. The normalized spacial score (nSPS) is 14.5. The lowest BCUT2D eigenvalue weighted by molar-refractivity contribution is 0.569. The van der Waals surface area contributed by atoms with E-state index in [2.05, 4.69) is 10.6 Å². The number of sulfone groups is 1. The highest BCUT2D eigenvalue weighted by Crippen LogP contribution is 1.95. The van der Waals surface area contributed by atoms with Gasteiger partial charge in [0.05, 0.1) is 17.5 Å². The van der Waals surface area contributed by atoms with Crippen LogP contribution in [0, 0.1) is 12.3 Å². The number of nitrogens with one attached hydrogen (secondary N) is 1. The summed E-state index contributed by atoms with van der Waals surface area (Å²) >= 11 is 0.